The van der Waals surface area contributed by atoms with Crippen LogP contribution in [-0.4, -0.2) is 38.3 Å². The van der Waals surface area contributed by atoms with Gasteiger partial charge in [0.25, 0.3) is 5.91 Å². The van der Waals surface area contributed by atoms with Gasteiger partial charge >= 0.3 is 0 Å². The second kappa shape index (κ2) is 5.90. The lowest BCUT2D eigenvalue weighted by Crippen LogP contribution is -3.15. The Hall–Kier alpha value is -1.75. The molecule has 2 bridgehead atoms. The van der Waals surface area contributed by atoms with E-state index in [0.29, 0.717) is 42.4 Å². The fourth-order valence-corrected chi connectivity index (χ4v) is 5.49. The van der Waals surface area contributed by atoms with Crippen LogP contribution in [0, 0.1) is 10.8 Å². The molecule has 0 radical (unpaired) electrons. The van der Waals surface area contributed by atoms with Crippen molar-refractivity contribution in [2.45, 2.75) is 46.1 Å². The number of carbonyl (C=O) groups excluding carboxylic acids is 1. The van der Waals surface area contributed by atoms with Gasteiger partial charge in [-0.15, -0.1) is 0 Å². The molecule has 1 saturated heterocycles. The third-order valence-corrected chi connectivity index (χ3v) is 5.89. The smallest absolute Gasteiger partial charge is 0.279 e. The van der Waals surface area contributed by atoms with Crippen molar-refractivity contribution in [2.75, 3.05) is 31.6 Å². The van der Waals surface area contributed by atoms with Crippen molar-refractivity contribution in [1.29, 1.82) is 0 Å². The summed E-state index contributed by atoms with van der Waals surface area (Å²) in [6, 6.07) is 6.21. The lowest BCUT2D eigenvalue weighted by atomic mass is 9.65. The topological polar surface area (TPSA) is 52.0 Å². The number of likely N-dealkylation sites (tertiary alicyclic amines) is 1. The van der Waals surface area contributed by atoms with E-state index in [2.05, 4.69) is 26.1 Å². The molecule has 2 N–H and O–H groups in total. The normalized spacial score (nSPS) is 32.3. The third-order valence-electron chi connectivity index (χ3n) is 5.89. The highest BCUT2D eigenvalue weighted by Crippen LogP contribution is 2.47. The summed E-state index contributed by atoms with van der Waals surface area (Å²) < 4.78 is 11.1. The average molecular weight is 345 g/mol. The molecule has 0 spiro atoms. The Morgan fingerprint density at radius 2 is 1.96 bits per heavy atom. The van der Waals surface area contributed by atoms with Gasteiger partial charge in [0.15, 0.2) is 18.0 Å². The van der Waals surface area contributed by atoms with E-state index in [1.807, 2.05) is 18.2 Å². The highest BCUT2D eigenvalue weighted by Gasteiger charge is 2.53. The van der Waals surface area contributed by atoms with E-state index in [-0.39, 0.29) is 5.91 Å². The van der Waals surface area contributed by atoms with E-state index in [0.717, 1.165) is 18.0 Å². The number of rotatable bonds is 3. The maximum absolute atomic E-state index is 12.6. The molecule has 25 heavy (non-hydrogen) atoms. The van der Waals surface area contributed by atoms with Crippen molar-refractivity contribution in [3.05, 3.63) is 18.2 Å². The van der Waals surface area contributed by atoms with Crippen LogP contribution < -0.4 is 19.7 Å². The Morgan fingerprint density at radius 1 is 1.20 bits per heavy atom. The number of quaternary nitrogens is 1. The Morgan fingerprint density at radius 3 is 2.76 bits per heavy atom. The molecule has 2 fully saturated rings. The van der Waals surface area contributed by atoms with Gasteiger partial charge in [0.1, 0.15) is 13.2 Å². The molecule has 2 heterocycles. The molecule has 2 aliphatic heterocycles. The zero-order chi connectivity index (χ0) is 17.7. The van der Waals surface area contributed by atoms with Crippen LogP contribution >= 0.6 is 0 Å². The summed E-state index contributed by atoms with van der Waals surface area (Å²) in [6.07, 6.45) is 3.74. The molecule has 3 aliphatic rings. The SMILES string of the molecule is CC1(C)C[C@@H]2C[C@](C)(C[NH+]2CC(=O)Nc2ccc3c(c2)OCCO3)C1. The first-order valence-electron chi connectivity index (χ1n) is 9.36. The summed E-state index contributed by atoms with van der Waals surface area (Å²) in [6.45, 7) is 9.92. The maximum atomic E-state index is 12.6. The van der Waals surface area contributed by atoms with Crippen molar-refractivity contribution in [3.8, 4) is 11.5 Å². The molecule has 1 saturated carbocycles. The van der Waals surface area contributed by atoms with Gasteiger partial charge in [0, 0.05) is 30.0 Å². The Bertz CT molecular complexity index is 688. The van der Waals surface area contributed by atoms with Crippen molar-refractivity contribution in [3.63, 3.8) is 0 Å². The van der Waals surface area contributed by atoms with Crippen LogP contribution in [0.2, 0.25) is 0 Å². The summed E-state index contributed by atoms with van der Waals surface area (Å²) in [5, 5.41) is 3.04. The van der Waals surface area contributed by atoms with Crippen molar-refractivity contribution >= 4 is 11.6 Å². The molecule has 4 rings (SSSR count). The molecule has 136 valence electrons. The molecule has 5 heteroatoms. The van der Waals surface area contributed by atoms with E-state index in [4.69, 9.17) is 9.47 Å². The van der Waals surface area contributed by atoms with Crippen LogP contribution in [0.25, 0.3) is 0 Å². The van der Waals surface area contributed by atoms with Gasteiger partial charge in [-0.2, -0.15) is 0 Å². The number of fused-ring (bicyclic) bond motifs is 3. The molecule has 5 nitrogen and oxygen atoms in total. The fourth-order valence-electron chi connectivity index (χ4n) is 5.49. The minimum Gasteiger partial charge on any atom is -0.486 e. The molecule has 3 atom stereocenters. The summed E-state index contributed by atoms with van der Waals surface area (Å²) in [5.41, 5.74) is 1.56. The van der Waals surface area contributed by atoms with E-state index < -0.39 is 0 Å². The summed E-state index contributed by atoms with van der Waals surface area (Å²) in [4.78, 5) is 14.0. The van der Waals surface area contributed by atoms with Gasteiger partial charge in [-0.1, -0.05) is 20.8 Å². The van der Waals surface area contributed by atoms with Crippen LogP contribution in [0.4, 0.5) is 5.69 Å². The quantitative estimate of drug-likeness (QED) is 0.879. The maximum Gasteiger partial charge on any atom is 0.279 e. The number of benzene rings is 1. The number of carbonyl (C=O) groups is 1. The largest absolute Gasteiger partial charge is 0.486 e. The third kappa shape index (κ3) is 3.47. The molecule has 1 aromatic carbocycles. The second-order valence-corrected chi connectivity index (χ2v) is 9.18. The molecule has 0 aromatic heterocycles. The monoisotopic (exact) mass is 345 g/mol. The molecular formula is C20H29N2O3+. The Kier molecular flexibility index (Phi) is 3.95. The minimum absolute atomic E-state index is 0.0839. The van der Waals surface area contributed by atoms with Crippen LogP contribution in [0.5, 0.6) is 11.5 Å². The molecule has 1 aliphatic carbocycles. The van der Waals surface area contributed by atoms with Gasteiger partial charge in [-0.05, 0) is 24.0 Å². The van der Waals surface area contributed by atoms with Crippen LogP contribution in [0.15, 0.2) is 18.2 Å². The lowest BCUT2D eigenvalue weighted by molar-refractivity contribution is -0.906. The number of hydrogen-bond donors (Lipinski definition) is 2. The number of ether oxygens (including phenoxy) is 2. The first-order valence-corrected chi connectivity index (χ1v) is 9.36. The highest BCUT2D eigenvalue weighted by molar-refractivity contribution is 5.91. The van der Waals surface area contributed by atoms with Crippen LogP contribution in [0.3, 0.4) is 0 Å². The predicted octanol–water partition coefficient (Wildman–Crippen LogP) is 1.88. The van der Waals surface area contributed by atoms with Crippen LogP contribution in [0.1, 0.15) is 40.0 Å². The predicted molar refractivity (Wildman–Crippen MR) is 96.3 cm³/mol. The van der Waals surface area contributed by atoms with E-state index >= 15 is 0 Å². The molecule has 1 aromatic rings. The second-order valence-electron chi connectivity index (χ2n) is 9.18. The summed E-state index contributed by atoms with van der Waals surface area (Å²) in [7, 11) is 0. The number of anilines is 1. The number of nitrogens with one attached hydrogen (secondary N) is 2. The van der Waals surface area contributed by atoms with Gasteiger partial charge in [0.2, 0.25) is 0 Å². The summed E-state index contributed by atoms with van der Waals surface area (Å²) >= 11 is 0. The first kappa shape index (κ1) is 16.7. The summed E-state index contributed by atoms with van der Waals surface area (Å²) in [5.74, 6) is 1.54. The molecule has 1 amide bonds. The molecular weight excluding hydrogens is 316 g/mol. The zero-order valence-corrected chi connectivity index (χ0v) is 15.5. The van der Waals surface area contributed by atoms with Crippen molar-refractivity contribution in [1.82, 2.24) is 0 Å². The zero-order valence-electron chi connectivity index (χ0n) is 15.5. The van der Waals surface area contributed by atoms with E-state index in [1.165, 1.54) is 24.2 Å². The minimum atomic E-state index is 0.0839. The van der Waals surface area contributed by atoms with E-state index in [1.54, 1.807) is 0 Å². The Balaban J connectivity index is 1.40. The van der Waals surface area contributed by atoms with Crippen molar-refractivity contribution in [2.24, 2.45) is 10.8 Å². The fraction of sp³-hybridized carbons (Fsp3) is 0.650. The highest BCUT2D eigenvalue weighted by atomic mass is 16.6. The average Bonchev–Trinajstić information content (AvgIpc) is 2.75. The van der Waals surface area contributed by atoms with Gasteiger partial charge in [-0.3, -0.25) is 4.79 Å². The number of amides is 1. The first-order chi connectivity index (χ1) is 11.8. The Labute approximate surface area is 149 Å². The van der Waals surface area contributed by atoms with E-state index in [9.17, 15) is 4.79 Å². The van der Waals surface area contributed by atoms with Gasteiger partial charge in [-0.25, -0.2) is 0 Å². The lowest BCUT2D eigenvalue weighted by Gasteiger charge is -2.37. The van der Waals surface area contributed by atoms with Crippen molar-refractivity contribution < 1.29 is 19.2 Å². The van der Waals surface area contributed by atoms with Crippen LogP contribution in [-0.2, 0) is 4.79 Å². The molecule has 1 unspecified atom stereocenters. The standard InChI is InChI=1S/C20H28N2O3/c1-19(2)9-15-10-20(3,12-19)13-22(15)11-18(23)21-14-4-5-16-17(8-14)25-7-6-24-16/h4-5,8,15H,6-7,9-13H2,1-3H3,(H,21,23)/p+1/t15-,20+/m1/s1. The van der Waals surface area contributed by atoms with Gasteiger partial charge < -0.3 is 19.7 Å². The number of hydrogen-bond acceptors (Lipinski definition) is 3. The van der Waals surface area contributed by atoms with Gasteiger partial charge in [0.05, 0.1) is 12.6 Å².